The van der Waals surface area contributed by atoms with Crippen molar-refractivity contribution >= 4 is 47.3 Å². The minimum absolute atomic E-state index is 0.0190. The number of nitrogens with zero attached hydrogens (tertiary/aromatic N) is 3. The number of carboxylic acid groups (broad SMARTS) is 1. The van der Waals surface area contributed by atoms with Crippen LogP contribution in [0.25, 0.3) is 0 Å². The van der Waals surface area contributed by atoms with Gasteiger partial charge in [-0.05, 0) is 60.8 Å². The second-order valence-corrected chi connectivity index (χ2v) is 21.6. The number of aliphatic carboxylic acids is 1. The molecule has 2 aliphatic rings. The van der Waals surface area contributed by atoms with E-state index in [4.69, 9.17) is 29.4 Å². The number of nitrogens with one attached hydrogen (secondary N) is 3. The SMILES string of the molecule is CC[C@H](C)[C@@H]([C@@H](CC(=O)N1CCC[C@H]1[C@H](OC)[C@@H](C)C(=O)N[C@H](C)[C@@H](O)c1ccccc1)OC)N(C)C(=O)C(NC(=O)[C@H](C(C)C)N(C)C(=O)OCc1ccc(OC2OC(C(=O)O)C(O)C(O)C2O)c(NC(=O)CCN)c1)C(C)C. The molecule has 24 nitrogen and oxygen atoms in total. The monoisotopic (exact) mass is 1130 g/mol. The number of likely N-dealkylation sites (N-methyl/N-ethyl adjacent to an activating group) is 2. The maximum Gasteiger partial charge on any atom is 0.410 e. The lowest BCUT2D eigenvalue weighted by molar-refractivity contribution is -0.271. The average Bonchev–Trinajstić information content (AvgIpc) is 3.91. The summed E-state index contributed by atoms with van der Waals surface area (Å²) in [5.41, 5.74) is 6.50. The topological polar surface area (TPSA) is 339 Å². The lowest BCUT2D eigenvalue weighted by Gasteiger charge is -2.41. The maximum absolute atomic E-state index is 14.7. The van der Waals surface area contributed by atoms with E-state index in [0.29, 0.717) is 36.9 Å². The molecule has 10 N–H and O–H groups in total. The number of hydrogen-bond donors (Lipinski definition) is 9. The van der Waals surface area contributed by atoms with Crippen LogP contribution in [0.3, 0.4) is 0 Å². The van der Waals surface area contributed by atoms with Crippen molar-refractivity contribution in [3.63, 3.8) is 0 Å². The van der Waals surface area contributed by atoms with Crippen molar-refractivity contribution in [2.75, 3.05) is 46.7 Å². The zero-order valence-corrected chi connectivity index (χ0v) is 48.1. The second kappa shape index (κ2) is 30.7. The first-order chi connectivity index (χ1) is 37.7. The fourth-order valence-electron chi connectivity index (χ4n) is 10.4. The van der Waals surface area contributed by atoms with Gasteiger partial charge < -0.3 is 80.7 Å². The highest BCUT2D eigenvalue weighted by atomic mass is 16.7. The van der Waals surface area contributed by atoms with Gasteiger partial charge >= 0.3 is 12.1 Å². The van der Waals surface area contributed by atoms with Crippen LogP contribution in [0.15, 0.2) is 48.5 Å². The molecule has 0 bridgehead atoms. The van der Waals surface area contributed by atoms with Crippen LogP contribution in [0, 0.1) is 23.7 Å². The van der Waals surface area contributed by atoms with E-state index in [2.05, 4.69) is 16.0 Å². The third-order valence-corrected chi connectivity index (χ3v) is 15.2. The van der Waals surface area contributed by atoms with E-state index in [0.717, 1.165) is 4.90 Å². The molecule has 24 heteroatoms. The molecule has 2 aromatic carbocycles. The van der Waals surface area contributed by atoms with Crippen LogP contribution >= 0.6 is 0 Å². The molecule has 0 aromatic heterocycles. The Kier molecular flexibility index (Phi) is 25.5. The highest BCUT2D eigenvalue weighted by Gasteiger charge is 2.49. The van der Waals surface area contributed by atoms with Gasteiger partial charge in [-0.15, -0.1) is 0 Å². The van der Waals surface area contributed by atoms with E-state index in [1.807, 2.05) is 32.0 Å². The fraction of sp³-hybridized carbons (Fsp3) is 0.661. The number of carboxylic acids is 1. The van der Waals surface area contributed by atoms with E-state index >= 15 is 0 Å². The molecule has 2 saturated heterocycles. The number of carbonyl (C=O) groups is 7. The first kappa shape index (κ1) is 66.5. The van der Waals surface area contributed by atoms with Crippen molar-refractivity contribution in [2.45, 2.75) is 173 Å². The quantitative estimate of drug-likeness (QED) is 0.0589. The van der Waals surface area contributed by atoms with E-state index in [9.17, 15) is 59.1 Å². The number of benzene rings is 2. The van der Waals surface area contributed by atoms with Gasteiger partial charge in [-0.1, -0.05) is 91.3 Å². The molecule has 2 heterocycles. The number of methoxy groups -OCH3 is 2. The fourth-order valence-corrected chi connectivity index (χ4v) is 10.4. The molecule has 6 amide bonds. The molecular formula is C56H87N7O17. The highest BCUT2D eigenvalue weighted by Crippen LogP contribution is 2.33. The first-order valence-electron chi connectivity index (χ1n) is 27.3. The summed E-state index contributed by atoms with van der Waals surface area (Å²) >= 11 is 0. The van der Waals surface area contributed by atoms with Gasteiger partial charge in [0.15, 0.2) is 6.10 Å². The van der Waals surface area contributed by atoms with E-state index in [-0.39, 0.29) is 48.6 Å². The lowest BCUT2D eigenvalue weighted by atomic mass is 9.89. The van der Waals surface area contributed by atoms with Crippen molar-refractivity contribution in [3.8, 4) is 5.75 Å². The molecule has 2 aliphatic heterocycles. The van der Waals surface area contributed by atoms with Crippen LogP contribution in [0.2, 0.25) is 0 Å². The van der Waals surface area contributed by atoms with E-state index in [1.165, 1.54) is 44.4 Å². The number of likely N-dealkylation sites (tertiary alicyclic amines) is 1. The standard InChI is InChI=1S/C56H87N7O17/c1-13-31(6)44(39(76-11)27-41(65)63-25-17-20-37(63)49(77-12)32(7)51(70)58-33(8)45(66)35-18-15-14-16-19-35)61(9)53(72)42(29(2)3)60-52(71)43(30(4)5)62(10)56(75)78-28-34-21-22-38(36(26-34)59-40(64)23-24-57)79-55-48(69)46(67)47(68)50(80-55)54(73)74/h14-16,18-19,21-22,26,29-33,37,39,42-50,55,66-69H,13,17,20,23-25,27-28,57H2,1-12H3,(H,58,70)(H,59,64)(H,60,71)(H,73,74)/t31-,32+,33+,37-,39+,42?,43-,44-,45+,46?,47?,48?,49+,50?,55?/m0/s1. The smallest absolute Gasteiger partial charge is 0.410 e. The van der Waals surface area contributed by atoms with Crippen molar-refractivity contribution in [1.29, 1.82) is 0 Å². The number of aliphatic hydroxyl groups is 4. The predicted molar refractivity (Wildman–Crippen MR) is 292 cm³/mol. The number of hydrogen-bond acceptors (Lipinski definition) is 17. The largest absolute Gasteiger partial charge is 0.479 e. The molecule has 2 aromatic rings. The molecular weight excluding hydrogens is 1040 g/mol. The number of anilines is 1. The Morgan fingerprint density at radius 3 is 2.09 bits per heavy atom. The molecule has 2 fully saturated rings. The molecule has 6 unspecified atom stereocenters. The number of rotatable bonds is 28. The minimum atomic E-state index is -1.97. The van der Waals surface area contributed by atoms with Gasteiger partial charge in [0.25, 0.3) is 0 Å². The Balaban J connectivity index is 1.47. The van der Waals surface area contributed by atoms with Gasteiger partial charge in [0, 0.05) is 47.8 Å². The summed E-state index contributed by atoms with van der Waals surface area (Å²) in [4.78, 5) is 99.7. The van der Waals surface area contributed by atoms with Crippen LogP contribution in [0.1, 0.15) is 105 Å². The summed E-state index contributed by atoms with van der Waals surface area (Å²) < 4.78 is 28.6. The van der Waals surface area contributed by atoms with Crippen molar-refractivity contribution < 1.29 is 82.8 Å². The van der Waals surface area contributed by atoms with Gasteiger partial charge in [-0.3, -0.25) is 28.9 Å². The van der Waals surface area contributed by atoms with Gasteiger partial charge in [-0.25, -0.2) is 9.59 Å². The molecule has 0 radical (unpaired) electrons. The molecule has 4 rings (SSSR count). The molecule has 15 atom stereocenters. The third-order valence-electron chi connectivity index (χ3n) is 15.2. The number of carbonyl (C=O) groups excluding carboxylic acids is 6. The molecule has 80 heavy (non-hydrogen) atoms. The van der Waals surface area contributed by atoms with Crippen LogP contribution in [0.4, 0.5) is 10.5 Å². The minimum Gasteiger partial charge on any atom is -0.479 e. The van der Waals surface area contributed by atoms with Gasteiger partial charge in [0.05, 0.1) is 54.5 Å². The van der Waals surface area contributed by atoms with Crippen molar-refractivity contribution in [3.05, 3.63) is 59.7 Å². The molecule has 0 spiro atoms. The van der Waals surface area contributed by atoms with Crippen molar-refractivity contribution in [1.82, 2.24) is 25.3 Å². The lowest BCUT2D eigenvalue weighted by Crippen LogP contribution is -2.61. The maximum atomic E-state index is 14.7. The van der Waals surface area contributed by atoms with Gasteiger partial charge in [0.1, 0.15) is 42.8 Å². The summed E-state index contributed by atoms with van der Waals surface area (Å²) in [5.74, 6) is -5.83. The number of amides is 6. The predicted octanol–water partition coefficient (Wildman–Crippen LogP) is 2.14. The second-order valence-electron chi connectivity index (χ2n) is 21.6. The Bertz CT molecular complexity index is 2380. The number of nitrogens with two attached hydrogens (primary N) is 1. The summed E-state index contributed by atoms with van der Waals surface area (Å²) in [6.07, 6.45) is -11.3. The number of ether oxygens (including phenoxy) is 5. The zero-order chi connectivity index (χ0) is 59.9. The summed E-state index contributed by atoms with van der Waals surface area (Å²) in [6, 6.07) is 9.20. The van der Waals surface area contributed by atoms with Gasteiger partial charge in [0.2, 0.25) is 35.8 Å². The highest BCUT2D eigenvalue weighted by molar-refractivity contribution is 5.93. The van der Waals surface area contributed by atoms with Crippen molar-refractivity contribution in [2.24, 2.45) is 29.4 Å². The molecule has 0 aliphatic carbocycles. The summed E-state index contributed by atoms with van der Waals surface area (Å²) in [6.45, 7) is 14.4. The number of aliphatic hydroxyl groups excluding tert-OH is 4. The Morgan fingerprint density at radius 1 is 0.850 bits per heavy atom. The average molecular weight is 1130 g/mol. The normalized spacial score (nSPS) is 22.6. The van der Waals surface area contributed by atoms with Crippen LogP contribution in [-0.2, 0) is 54.3 Å². The van der Waals surface area contributed by atoms with E-state index < -0.39 is 133 Å². The van der Waals surface area contributed by atoms with E-state index in [1.54, 1.807) is 65.6 Å². The van der Waals surface area contributed by atoms with Crippen LogP contribution in [0.5, 0.6) is 5.75 Å². The molecule has 0 saturated carbocycles. The Morgan fingerprint density at radius 2 is 1.51 bits per heavy atom. The molecule has 448 valence electrons. The Hall–Kier alpha value is -5.99. The first-order valence-corrected chi connectivity index (χ1v) is 27.3. The summed E-state index contributed by atoms with van der Waals surface area (Å²) in [5, 5.41) is 59.8. The van der Waals surface area contributed by atoms with Crippen LogP contribution in [-0.4, -0.2) is 196 Å². The van der Waals surface area contributed by atoms with Gasteiger partial charge in [-0.2, -0.15) is 0 Å². The Labute approximate surface area is 468 Å². The zero-order valence-electron chi connectivity index (χ0n) is 48.1. The summed E-state index contributed by atoms with van der Waals surface area (Å²) in [7, 11) is 5.97. The third kappa shape index (κ3) is 16.8. The van der Waals surface area contributed by atoms with Crippen LogP contribution < -0.4 is 26.4 Å².